The van der Waals surface area contributed by atoms with Gasteiger partial charge in [0.1, 0.15) is 12.2 Å². The Bertz CT molecular complexity index is 709. The Labute approximate surface area is 154 Å². The van der Waals surface area contributed by atoms with Crippen molar-refractivity contribution in [2.24, 2.45) is 28.6 Å². The molecule has 5 heteroatoms. The topological polar surface area (TPSA) is 68.3 Å². The first-order valence-electron chi connectivity index (χ1n) is 10.3. The second kappa shape index (κ2) is 4.80. The maximum absolute atomic E-state index is 13.3. The van der Waals surface area contributed by atoms with Crippen LogP contribution in [0.4, 0.5) is 0 Å². The van der Waals surface area contributed by atoms with Crippen molar-refractivity contribution in [1.29, 1.82) is 0 Å². The van der Waals surface area contributed by atoms with E-state index >= 15 is 0 Å². The SMILES string of the molecule is C[C@]12C[C@H](O)[C@H]3O[C@H]3C1=CC(=O)[C@@H]1[C@@H]2CC[C@@]2(C)[C@H]1CCC21OCCO1. The average Bonchev–Trinajstić information content (AvgIpc) is 3.17. The Hall–Kier alpha value is -0.750. The van der Waals surface area contributed by atoms with Gasteiger partial charge in [0.25, 0.3) is 0 Å². The fraction of sp³-hybridized carbons (Fsp3) is 0.857. The molecule has 3 saturated carbocycles. The van der Waals surface area contributed by atoms with E-state index in [2.05, 4.69) is 13.8 Å². The second-order valence-corrected chi connectivity index (χ2v) is 9.90. The summed E-state index contributed by atoms with van der Waals surface area (Å²) in [5.74, 6) is 0.419. The second-order valence-electron chi connectivity index (χ2n) is 9.90. The minimum absolute atomic E-state index is 0.0252. The van der Waals surface area contributed by atoms with Gasteiger partial charge in [-0.15, -0.1) is 0 Å². The molecule has 0 unspecified atom stereocenters. The van der Waals surface area contributed by atoms with E-state index in [-0.39, 0.29) is 34.7 Å². The van der Waals surface area contributed by atoms with Gasteiger partial charge < -0.3 is 19.3 Å². The van der Waals surface area contributed by atoms with E-state index in [1.54, 1.807) is 0 Å². The van der Waals surface area contributed by atoms with Crippen molar-refractivity contribution in [3.8, 4) is 0 Å². The highest BCUT2D eigenvalue weighted by Gasteiger charge is 2.70. The predicted octanol–water partition coefficient (Wildman–Crippen LogP) is 2.22. The molecule has 0 aromatic heterocycles. The third-order valence-electron chi connectivity index (χ3n) is 9.02. The number of rotatable bonds is 0. The molecule has 0 bridgehead atoms. The van der Waals surface area contributed by atoms with Gasteiger partial charge in [0, 0.05) is 17.8 Å². The molecular formula is C21H28O5. The minimum atomic E-state index is -0.482. The Morgan fingerprint density at radius 2 is 1.85 bits per heavy atom. The fourth-order valence-electron chi connectivity index (χ4n) is 7.66. The summed E-state index contributed by atoms with van der Waals surface area (Å²) in [6.45, 7) is 5.88. The first-order valence-corrected chi connectivity index (χ1v) is 10.3. The van der Waals surface area contributed by atoms with E-state index in [0.717, 1.165) is 37.7 Å². The van der Waals surface area contributed by atoms with Crippen LogP contribution in [0.1, 0.15) is 46.0 Å². The standard InChI is InChI=1S/C21H28O5/c1-19-10-15(23)18-17(26-18)13(19)9-14(22)16-11(19)3-5-20(2)12(16)4-6-21(20)24-7-8-25-21/h9,11-12,15-18,23H,3-8,10H2,1-2H3/t11-,12-,15-,16+,17-,18+,19+,20-/m0/s1. The van der Waals surface area contributed by atoms with Crippen molar-refractivity contribution in [1.82, 2.24) is 0 Å². The normalized spacial score (nSPS) is 56.4. The van der Waals surface area contributed by atoms with E-state index < -0.39 is 11.9 Å². The third kappa shape index (κ3) is 1.70. The smallest absolute Gasteiger partial charge is 0.174 e. The van der Waals surface area contributed by atoms with Gasteiger partial charge in [-0.25, -0.2) is 0 Å². The van der Waals surface area contributed by atoms with E-state index in [1.807, 2.05) is 6.08 Å². The molecule has 0 aromatic rings. The van der Waals surface area contributed by atoms with Gasteiger partial charge in [0.2, 0.25) is 0 Å². The molecule has 142 valence electrons. The lowest BCUT2D eigenvalue weighted by molar-refractivity contribution is -0.240. The van der Waals surface area contributed by atoms with Crippen LogP contribution in [0.3, 0.4) is 0 Å². The third-order valence-corrected chi connectivity index (χ3v) is 9.02. The summed E-state index contributed by atoms with van der Waals surface area (Å²) < 4.78 is 18.0. The van der Waals surface area contributed by atoms with Gasteiger partial charge in [0.15, 0.2) is 11.6 Å². The molecule has 26 heavy (non-hydrogen) atoms. The lowest BCUT2D eigenvalue weighted by Gasteiger charge is -2.57. The van der Waals surface area contributed by atoms with Crippen LogP contribution in [0.25, 0.3) is 0 Å². The van der Waals surface area contributed by atoms with E-state index in [4.69, 9.17) is 14.2 Å². The van der Waals surface area contributed by atoms with Crippen molar-refractivity contribution in [2.75, 3.05) is 13.2 Å². The molecule has 0 aromatic carbocycles. The molecular weight excluding hydrogens is 332 g/mol. The van der Waals surface area contributed by atoms with Gasteiger partial charge in [-0.3, -0.25) is 4.79 Å². The highest BCUT2D eigenvalue weighted by atomic mass is 16.7. The van der Waals surface area contributed by atoms with E-state index in [0.29, 0.717) is 25.0 Å². The molecule has 5 nitrogen and oxygen atoms in total. The molecule has 1 spiro atoms. The predicted molar refractivity (Wildman–Crippen MR) is 92.2 cm³/mol. The first-order chi connectivity index (χ1) is 12.4. The Kier molecular flexibility index (Phi) is 3.00. The number of allylic oxidation sites excluding steroid dienone is 1. The molecule has 8 atom stereocenters. The molecule has 0 amide bonds. The summed E-state index contributed by atoms with van der Waals surface area (Å²) in [6, 6.07) is 0. The van der Waals surface area contributed by atoms with Crippen molar-refractivity contribution in [3.05, 3.63) is 11.6 Å². The Morgan fingerprint density at radius 1 is 1.12 bits per heavy atom. The van der Waals surface area contributed by atoms with Crippen LogP contribution in [0.2, 0.25) is 0 Å². The van der Waals surface area contributed by atoms with Gasteiger partial charge in [-0.1, -0.05) is 13.8 Å². The van der Waals surface area contributed by atoms with Crippen LogP contribution in [0, 0.1) is 28.6 Å². The summed E-state index contributed by atoms with van der Waals surface area (Å²) in [7, 11) is 0. The van der Waals surface area contributed by atoms with Crippen LogP contribution in [-0.2, 0) is 19.0 Å². The molecule has 2 saturated heterocycles. The Morgan fingerprint density at radius 3 is 2.62 bits per heavy atom. The number of hydrogen-bond acceptors (Lipinski definition) is 5. The Balaban J connectivity index is 1.42. The average molecular weight is 360 g/mol. The quantitative estimate of drug-likeness (QED) is 0.671. The van der Waals surface area contributed by atoms with Gasteiger partial charge in [-0.05, 0) is 54.6 Å². The van der Waals surface area contributed by atoms with Crippen molar-refractivity contribution in [2.45, 2.75) is 70.1 Å². The number of aliphatic hydroxyl groups is 1. The van der Waals surface area contributed by atoms with Crippen molar-refractivity contribution >= 4 is 5.78 Å². The summed E-state index contributed by atoms with van der Waals surface area (Å²) in [5, 5.41) is 10.5. The lowest BCUT2D eigenvalue weighted by atomic mass is 9.47. The zero-order chi connectivity index (χ0) is 17.9. The largest absolute Gasteiger partial charge is 0.390 e. The molecule has 4 aliphatic carbocycles. The number of carbonyl (C=O) groups excluding carboxylic acids is 1. The fourth-order valence-corrected chi connectivity index (χ4v) is 7.66. The maximum atomic E-state index is 13.3. The molecule has 5 fully saturated rings. The van der Waals surface area contributed by atoms with Crippen LogP contribution >= 0.6 is 0 Å². The number of ether oxygens (including phenoxy) is 3. The van der Waals surface area contributed by atoms with Crippen molar-refractivity contribution < 1.29 is 24.1 Å². The minimum Gasteiger partial charge on any atom is -0.390 e. The number of hydrogen-bond donors (Lipinski definition) is 1. The summed E-state index contributed by atoms with van der Waals surface area (Å²) >= 11 is 0. The monoisotopic (exact) mass is 360 g/mol. The summed E-state index contributed by atoms with van der Waals surface area (Å²) in [4.78, 5) is 13.3. The summed E-state index contributed by atoms with van der Waals surface area (Å²) in [5.41, 5.74) is 0.946. The van der Waals surface area contributed by atoms with Crippen LogP contribution in [0.5, 0.6) is 0 Å². The number of epoxide rings is 1. The highest BCUT2D eigenvalue weighted by Crippen LogP contribution is 2.69. The number of aliphatic hydroxyl groups excluding tert-OH is 1. The number of fused-ring (bicyclic) bond motifs is 8. The number of carbonyl (C=O) groups is 1. The van der Waals surface area contributed by atoms with Gasteiger partial charge in [0.05, 0.1) is 19.3 Å². The maximum Gasteiger partial charge on any atom is 0.174 e. The molecule has 2 aliphatic heterocycles. The zero-order valence-electron chi connectivity index (χ0n) is 15.6. The zero-order valence-corrected chi connectivity index (χ0v) is 15.6. The van der Waals surface area contributed by atoms with Crippen LogP contribution in [-0.4, -0.2) is 48.2 Å². The lowest BCUT2D eigenvalue weighted by Crippen LogP contribution is -2.58. The van der Waals surface area contributed by atoms with Crippen LogP contribution in [0.15, 0.2) is 11.6 Å². The molecule has 1 N–H and O–H groups in total. The molecule has 0 radical (unpaired) electrons. The van der Waals surface area contributed by atoms with E-state index in [9.17, 15) is 9.90 Å². The summed E-state index contributed by atoms with van der Waals surface area (Å²) in [6.07, 6.45) is 6.01. The van der Waals surface area contributed by atoms with Crippen molar-refractivity contribution in [3.63, 3.8) is 0 Å². The van der Waals surface area contributed by atoms with Gasteiger partial charge >= 0.3 is 0 Å². The molecule has 2 heterocycles. The van der Waals surface area contributed by atoms with E-state index in [1.165, 1.54) is 0 Å². The molecule has 6 rings (SSSR count). The molecule has 6 aliphatic rings. The van der Waals surface area contributed by atoms with Gasteiger partial charge in [-0.2, -0.15) is 0 Å². The number of ketones is 1. The van der Waals surface area contributed by atoms with Crippen LogP contribution < -0.4 is 0 Å². The highest BCUT2D eigenvalue weighted by molar-refractivity contribution is 5.95. The first kappa shape index (κ1) is 16.2.